The third-order valence-corrected chi connectivity index (χ3v) is 7.50. The molecule has 0 bridgehead atoms. The first-order valence-corrected chi connectivity index (χ1v) is 11.3. The van der Waals surface area contributed by atoms with Crippen LogP contribution < -0.4 is 16.6 Å². The molecule has 12 heteroatoms. The van der Waals surface area contributed by atoms with Crippen molar-refractivity contribution in [1.82, 2.24) is 19.6 Å². The number of carbonyl (C=O) groups excluding carboxylic acids is 1. The highest BCUT2D eigenvalue weighted by Crippen LogP contribution is 2.24. The number of aromatic nitrogens is 2. The standard InChI is InChI=1S/C18H20Cl2N4O5S/c1-10-15(17(26)23-18(27)22-10)30(28,29)24-6-2-3-12(9-24)16(25)21-8-11-4-5-13(19)7-14(11)20/h4-5,7,12H,2-3,6,8-9H2,1H3,(H,21,25)(H2,22,23,26,27)/t12-/m0/s1. The Hall–Kier alpha value is -2.14. The Labute approximate surface area is 182 Å². The summed E-state index contributed by atoms with van der Waals surface area (Å²) >= 11 is 12.0. The van der Waals surface area contributed by atoms with Crippen LogP contribution in [-0.4, -0.2) is 41.7 Å². The summed E-state index contributed by atoms with van der Waals surface area (Å²) < 4.78 is 27.1. The molecule has 1 amide bonds. The van der Waals surface area contributed by atoms with Crippen LogP contribution in [0, 0.1) is 12.8 Å². The van der Waals surface area contributed by atoms with E-state index >= 15 is 0 Å². The minimum atomic E-state index is -4.18. The fourth-order valence-electron chi connectivity index (χ4n) is 3.39. The Kier molecular flexibility index (Phi) is 6.71. The number of hydrogen-bond acceptors (Lipinski definition) is 5. The monoisotopic (exact) mass is 474 g/mol. The molecule has 1 aliphatic rings. The van der Waals surface area contributed by atoms with E-state index in [1.54, 1.807) is 18.2 Å². The number of aryl methyl sites for hydroxylation is 1. The van der Waals surface area contributed by atoms with Gasteiger partial charge in [0.1, 0.15) is 0 Å². The zero-order chi connectivity index (χ0) is 22.1. The van der Waals surface area contributed by atoms with Gasteiger partial charge in [-0.1, -0.05) is 29.3 Å². The number of piperidine rings is 1. The predicted molar refractivity (Wildman–Crippen MR) is 112 cm³/mol. The molecule has 1 saturated heterocycles. The van der Waals surface area contributed by atoms with E-state index in [9.17, 15) is 22.8 Å². The molecule has 9 nitrogen and oxygen atoms in total. The van der Waals surface area contributed by atoms with Gasteiger partial charge < -0.3 is 10.3 Å². The van der Waals surface area contributed by atoms with E-state index in [-0.39, 0.29) is 31.2 Å². The van der Waals surface area contributed by atoms with Crippen LogP contribution in [-0.2, 0) is 21.4 Å². The lowest BCUT2D eigenvalue weighted by Crippen LogP contribution is -2.47. The first-order chi connectivity index (χ1) is 14.1. The molecule has 0 spiro atoms. The van der Waals surface area contributed by atoms with E-state index in [2.05, 4.69) is 10.3 Å². The molecule has 0 aliphatic carbocycles. The maximum atomic E-state index is 13.0. The molecular formula is C18H20Cl2N4O5S. The minimum Gasteiger partial charge on any atom is -0.352 e. The molecule has 1 aromatic heterocycles. The van der Waals surface area contributed by atoms with Gasteiger partial charge in [-0.2, -0.15) is 4.31 Å². The smallest absolute Gasteiger partial charge is 0.325 e. The number of nitrogens with one attached hydrogen (secondary N) is 3. The van der Waals surface area contributed by atoms with Gasteiger partial charge in [0.15, 0.2) is 4.90 Å². The summed E-state index contributed by atoms with van der Waals surface area (Å²) in [7, 11) is -4.18. The summed E-state index contributed by atoms with van der Waals surface area (Å²) in [5.74, 6) is -0.894. The van der Waals surface area contributed by atoms with Gasteiger partial charge in [0.05, 0.1) is 5.92 Å². The third kappa shape index (κ3) is 4.77. The Morgan fingerprint density at radius 2 is 2.00 bits per heavy atom. The van der Waals surface area contributed by atoms with Crippen molar-refractivity contribution in [1.29, 1.82) is 0 Å². The maximum absolute atomic E-state index is 13.0. The topological polar surface area (TPSA) is 132 Å². The highest BCUT2D eigenvalue weighted by molar-refractivity contribution is 7.89. The van der Waals surface area contributed by atoms with Crippen molar-refractivity contribution in [2.24, 2.45) is 5.92 Å². The van der Waals surface area contributed by atoms with E-state index in [0.717, 1.165) is 4.31 Å². The molecule has 0 saturated carbocycles. The number of carbonyl (C=O) groups is 1. The number of nitrogens with zero attached hydrogens (tertiary/aromatic N) is 1. The predicted octanol–water partition coefficient (Wildman–Crippen LogP) is 1.40. The molecule has 2 aromatic rings. The van der Waals surface area contributed by atoms with Gasteiger partial charge in [-0.25, -0.2) is 13.2 Å². The van der Waals surface area contributed by atoms with E-state index in [0.29, 0.717) is 28.5 Å². The molecule has 3 rings (SSSR count). The van der Waals surface area contributed by atoms with Crippen LogP contribution in [0.5, 0.6) is 0 Å². The number of halogens is 2. The average Bonchev–Trinajstić information content (AvgIpc) is 2.66. The third-order valence-electron chi connectivity index (χ3n) is 4.90. The molecule has 30 heavy (non-hydrogen) atoms. The Morgan fingerprint density at radius 1 is 1.27 bits per heavy atom. The van der Waals surface area contributed by atoms with Crippen molar-refractivity contribution >= 4 is 39.1 Å². The van der Waals surface area contributed by atoms with Crippen molar-refractivity contribution in [2.75, 3.05) is 13.1 Å². The van der Waals surface area contributed by atoms with E-state index in [4.69, 9.17) is 23.2 Å². The summed E-state index contributed by atoms with van der Waals surface area (Å²) in [5.41, 5.74) is -1.13. The van der Waals surface area contributed by atoms with Crippen LogP contribution in [0.25, 0.3) is 0 Å². The summed E-state index contributed by atoms with van der Waals surface area (Å²) in [4.78, 5) is 39.8. The first-order valence-electron chi connectivity index (χ1n) is 9.14. The quantitative estimate of drug-likeness (QED) is 0.602. The zero-order valence-electron chi connectivity index (χ0n) is 16.0. The minimum absolute atomic E-state index is 0.0484. The number of sulfonamides is 1. The lowest BCUT2D eigenvalue weighted by Gasteiger charge is -2.31. The van der Waals surface area contributed by atoms with E-state index in [1.165, 1.54) is 6.92 Å². The number of amides is 1. The van der Waals surface area contributed by atoms with E-state index < -0.39 is 32.1 Å². The second-order valence-electron chi connectivity index (χ2n) is 7.02. The zero-order valence-corrected chi connectivity index (χ0v) is 18.3. The van der Waals surface area contributed by atoms with Crippen molar-refractivity contribution in [3.05, 3.63) is 60.3 Å². The summed E-state index contributed by atoms with van der Waals surface area (Å²) in [5, 5.41) is 3.67. The molecular weight excluding hydrogens is 455 g/mol. The molecule has 1 fully saturated rings. The lowest BCUT2D eigenvalue weighted by molar-refractivity contribution is -0.126. The molecule has 0 unspecified atom stereocenters. The van der Waals surface area contributed by atoms with Gasteiger partial charge in [-0.3, -0.25) is 14.6 Å². The second kappa shape index (κ2) is 8.93. The lowest BCUT2D eigenvalue weighted by atomic mass is 9.99. The number of benzene rings is 1. The van der Waals surface area contributed by atoms with Crippen LogP contribution in [0.4, 0.5) is 0 Å². The maximum Gasteiger partial charge on any atom is 0.325 e. The Bertz CT molecular complexity index is 1190. The van der Waals surface area contributed by atoms with Crippen LogP contribution in [0.2, 0.25) is 10.0 Å². The normalized spacial score (nSPS) is 17.6. The molecule has 1 atom stereocenters. The Morgan fingerprint density at radius 3 is 2.67 bits per heavy atom. The van der Waals surface area contributed by atoms with Gasteiger partial charge in [0, 0.05) is 35.4 Å². The molecule has 1 aliphatic heterocycles. The number of aromatic amines is 2. The molecule has 0 radical (unpaired) electrons. The van der Waals surface area contributed by atoms with Crippen molar-refractivity contribution in [2.45, 2.75) is 31.2 Å². The number of H-pyrrole nitrogens is 2. The molecule has 2 heterocycles. The number of hydrogen-bond donors (Lipinski definition) is 3. The van der Waals surface area contributed by atoms with Crippen molar-refractivity contribution in [3.63, 3.8) is 0 Å². The summed E-state index contributed by atoms with van der Waals surface area (Å²) in [6, 6.07) is 4.94. The SMILES string of the molecule is Cc1[nH]c(=O)[nH]c(=O)c1S(=O)(=O)N1CCC[C@H](C(=O)NCc2ccc(Cl)cc2Cl)C1. The largest absolute Gasteiger partial charge is 0.352 e. The van der Waals surface area contributed by atoms with Crippen LogP contribution >= 0.6 is 23.2 Å². The molecule has 3 N–H and O–H groups in total. The summed E-state index contributed by atoms with van der Waals surface area (Å²) in [6.45, 7) is 1.62. The number of rotatable bonds is 5. The highest BCUT2D eigenvalue weighted by Gasteiger charge is 2.35. The van der Waals surface area contributed by atoms with Gasteiger partial charge in [-0.05, 0) is 37.5 Å². The van der Waals surface area contributed by atoms with Gasteiger partial charge in [0.25, 0.3) is 5.56 Å². The highest BCUT2D eigenvalue weighted by atomic mass is 35.5. The second-order valence-corrected chi connectivity index (χ2v) is 9.74. The Balaban J connectivity index is 1.74. The van der Waals surface area contributed by atoms with Crippen LogP contribution in [0.1, 0.15) is 24.1 Å². The van der Waals surface area contributed by atoms with Gasteiger partial charge >= 0.3 is 5.69 Å². The fraction of sp³-hybridized carbons (Fsp3) is 0.389. The van der Waals surface area contributed by atoms with Gasteiger partial charge in [-0.15, -0.1) is 0 Å². The van der Waals surface area contributed by atoms with E-state index in [1.807, 2.05) is 4.98 Å². The average molecular weight is 475 g/mol. The van der Waals surface area contributed by atoms with Gasteiger partial charge in [0.2, 0.25) is 15.9 Å². The fourth-order valence-corrected chi connectivity index (χ4v) is 5.60. The van der Waals surface area contributed by atoms with Crippen LogP contribution in [0.15, 0.2) is 32.7 Å². The van der Waals surface area contributed by atoms with Crippen LogP contribution in [0.3, 0.4) is 0 Å². The summed E-state index contributed by atoms with van der Waals surface area (Å²) in [6.07, 6.45) is 0.965. The first kappa shape index (κ1) is 22.5. The van der Waals surface area contributed by atoms with Crippen molar-refractivity contribution in [3.8, 4) is 0 Å². The molecule has 162 valence electrons. The van der Waals surface area contributed by atoms with Crippen molar-refractivity contribution < 1.29 is 13.2 Å². The molecule has 1 aromatic carbocycles.